The number of nitrogens with zero attached hydrogens (tertiary/aromatic N) is 2. The van der Waals surface area contributed by atoms with Gasteiger partial charge in [0.15, 0.2) is 5.82 Å². The number of benzene rings is 1. The van der Waals surface area contributed by atoms with E-state index in [1.54, 1.807) is 6.07 Å². The molecule has 0 spiro atoms. The van der Waals surface area contributed by atoms with Gasteiger partial charge in [0.25, 0.3) is 5.91 Å². The molecular weight excluding hydrogens is 256 g/mol. The van der Waals surface area contributed by atoms with Gasteiger partial charge in [-0.05, 0) is 24.6 Å². The van der Waals surface area contributed by atoms with Crippen molar-refractivity contribution in [3.63, 3.8) is 0 Å². The minimum atomic E-state index is -0.240. The summed E-state index contributed by atoms with van der Waals surface area (Å²) in [6.45, 7) is 2.39. The van der Waals surface area contributed by atoms with Gasteiger partial charge < -0.3 is 15.6 Å². The van der Waals surface area contributed by atoms with Crippen LogP contribution in [0.3, 0.4) is 0 Å². The van der Waals surface area contributed by atoms with Crippen molar-refractivity contribution in [2.24, 2.45) is 5.73 Å². The standard InChI is InChI=1S/C14H14N4O2/c1-10-4-5-12(11(7-10)3-2-6-15)14(19)16-8-13-17-9-20-18-13/h4-5,7,9H,6,8,15H2,1H3,(H,16,19). The van der Waals surface area contributed by atoms with Crippen LogP contribution in [-0.4, -0.2) is 22.6 Å². The first-order valence-corrected chi connectivity index (χ1v) is 6.03. The Labute approximate surface area is 116 Å². The number of aromatic nitrogens is 2. The Hall–Kier alpha value is -2.65. The van der Waals surface area contributed by atoms with Gasteiger partial charge in [-0.1, -0.05) is 23.1 Å². The summed E-state index contributed by atoms with van der Waals surface area (Å²) in [5.41, 5.74) is 7.54. The van der Waals surface area contributed by atoms with Gasteiger partial charge in [-0.25, -0.2) is 0 Å². The molecule has 3 N–H and O–H groups in total. The molecule has 0 bridgehead atoms. The topological polar surface area (TPSA) is 94.0 Å². The fourth-order valence-corrected chi connectivity index (χ4v) is 1.63. The number of hydrogen-bond donors (Lipinski definition) is 2. The van der Waals surface area contributed by atoms with Crippen molar-refractivity contribution in [1.82, 2.24) is 15.5 Å². The lowest BCUT2D eigenvalue weighted by Gasteiger charge is -2.06. The van der Waals surface area contributed by atoms with E-state index >= 15 is 0 Å². The number of nitrogens with one attached hydrogen (secondary N) is 1. The van der Waals surface area contributed by atoms with Crippen molar-refractivity contribution in [2.75, 3.05) is 6.54 Å². The molecule has 1 aromatic carbocycles. The summed E-state index contributed by atoms with van der Waals surface area (Å²) in [4.78, 5) is 16.0. The summed E-state index contributed by atoms with van der Waals surface area (Å²) in [6, 6.07) is 5.45. The third-order valence-electron chi connectivity index (χ3n) is 2.56. The molecule has 6 heteroatoms. The maximum absolute atomic E-state index is 12.1. The van der Waals surface area contributed by atoms with E-state index in [0.29, 0.717) is 17.0 Å². The normalized spacial score (nSPS) is 9.70. The second kappa shape index (κ2) is 6.50. The van der Waals surface area contributed by atoms with Crippen LogP contribution in [0, 0.1) is 18.8 Å². The lowest BCUT2D eigenvalue weighted by Crippen LogP contribution is -2.24. The molecule has 2 rings (SSSR count). The molecule has 2 aromatic rings. The Balaban J connectivity index is 2.16. The molecule has 0 saturated heterocycles. The molecule has 20 heavy (non-hydrogen) atoms. The van der Waals surface area contributed by atoms with E-state index in [9.17, 15) is 4.79 Å². The first kappa shape index (κ1) is 13.8. The Kier molecular flexibility index (Phi) is 4.47. The molecule has 0 atom stereocenters. The van der Waals surface area contributed by atoms with Crippen molar-refractivity contribution in [3.05, 3.63) is 47.1 Å². The molecule has 1 heterocycles. The van der Waals surface area contributed by atoms with Crippen molar-refractivity contribution >= 4 is 5.91 Å². The van der Waals surface area contributed by atoms with Crippen LogP contribution in [0.5, 0.6) is 0 Å². The Morgan fingerprint density at radius 2 is 2.35 bits per heavy atom. The van der Waals surface area contributed by atoms with Gasteiger partial charge in [0.1, 0.15) is 0 Å². The molecule has 0 unspecified atom stereocenters. The summed E-state index contributed by atoms with van der Waals surface area (Å²) < 4.78 is 4.60. The van der Waals surface area contributed by atoms with Crippen LogP contribution in [0.1, 0.15) is 27.3 Å². The maximum atomic E-state index is 12.1. The van der Waals surface area contributed by atoms with Crippen LogP contribution in [0.4, 0.5) is 0 Å². The number of carbonyl (C=O) groups excluding carboxylic acids is 1. The van der Waals surface area contributed by atoms with E-state index in [1.165, 1.54) is 6.39 Å². The summed E-state index contributed by atoms with van der Waals surface area (Å²) in [7, 11) is 0. The zero-order valence-electron chi connectivity index (χ0n) is 11.0. The SMILES string of the molecule is Cc1ccc(C(=O)NCc2ncon2)c(C#CCN)c1. The fourth-order valence-electron chi connectivity index (χ4n) is 1.63. The van der Waals surface area contributed by atoms with Crippen LogP contribution in [0.2, 0.25) is 0 Å². The fraction of sp³-hybridized carbons (Fsp3) is 0.214. The van der Waals surface area contributed by atoms with E-state index in [1.807, 2.05) is 19.1 Å². The molecule has 0 aliphatic carbocycles. The number of rotatable bonds is 3. The highest BCUT2D eigenvalue weighted by molar-refractivity contribution is 5.96. The number of carbonyl (C=O) groups is 1. The largest absolute Gasteiger partial charge is 0.345 e. The zero-order valence-corrected chi connectivity index (χ0v) is 11.0. The molecule has 0 aliphatic heterocycles. The zero-order chi connectivity index (χ0) is 14.4. The molecule has 0 radical (unpaired) electrons. The molecule has 1 aromatic heterocycles. The van der Waals surface area contributed by atoms with Crippen molar-refractivity contribution < 1.29 is 9.32 Å². The van der Waals surface area contributed by atoms with Gasteiger partial charge in [-0.3, -0.25) is 4.79 Å². The van der Waals surface area contributed by atoms with E-state index in [2.05, 4.69) is 31.8 Å². The number of hydrogen-bond acceptors (Lipinski definition) is 5. The summed E-state index contributed by atoms with van der Waals surface area (Å²) >= 11 is 0. The predicted octanol–water partition coefficient (Wildman–Crippen LogP) is 0.618. The molecule has 6 nitrogen and oxygen atoms in total. The van der Waals surface area contributed by atoms with E-state index in [4.69, 9.17) is 5.73 Å². The lowest BCUT2D eigenvalue weighted by atomic mass is 10.0. The minimum Gasteiger partial charge on any atom is -0.345 e. The molecule has 102 valence electrons. The quantitative estimate of drug-likeness (QED) is 0.797. The second-order valence-electron chi connectivity index (χ2n) is 4.09. The molecule has 0 saturated carbocycles. The van der Waals surface area contributed by atoms with Gasteiger partial charge in [-0.15, -0.1) is 0 Å². The summed E-state index contributed by atoms with van der Waals surface area (Å²) in [6.07, 6.45) is 1.21. The highest BCUT2D eigenvalue weighted by Gasteiger charge is 2.11. The van der Waals surface area contributed by atoms with Crippen molar-refractivity contribution in [2.45, 2.75) is 13.5 Å². The summed E-state index contributed by atoms with van der Waals surface area (Å²) in [5, 5.41) is 6.34. The number of amides is 1. The number of nitrogens with two attached hydrogens (primary N) is 1. The Morgan fingerprint density at radius 3 is 3.05 bits per heavy atom. The first-order chi connectivity index (χ1) is 9.70. The third-order valence-corrected chi connectivity index (χ3v) is 2.56. The first-order valence-electron chi connectivity index (χ1n) is 6.03. The average Bonchev–Trinajstić information content (AvgIpc) is 2.96. The van der Waals surface area contributed by atoms with Crippen molar-refractivity contribution in [1.29, 1.82) is 0 Å². The second-order valence-corrected chi connectivity index (χ2v) is 4.09. The predicted molar refractivity (Wildman–Crippen MR) is 72.6 cm³/mol. The molecule has 0 fully saturated rings. The molecule has 1 amide bonds. The maximum Gasteiger partial charge on any atom is 0.252 e. The third kappa shape index (κ3) is 3.43. The van der Waals surface area contributed by atoms with Crippen LogP contribution in [0.25, 0.3) is 0 Å². The Morgan fingerprint density at radius 1 is 1.50 bits per heavy atom. The Bertz CT molecular complexity index is 654. The lowest BCUT2D eigenvalue weighted by molar-refractivity contribution is 0.0949. The van der Waals surface area contributed by atoms with Crippen LogP contribution in [0.15, 0.2) is 29.1 Å². The smallest absolute Gasteiger partial charge is 0.252 e. The van der Waals surface area contributed by atoms with Gasteiger partial charge in [-0.2, -0.15) is 4.98 Å². The van der Waals surface area contributed by atoms with Crippen LogP contribution in [-0.2, 0) is 6.54 Å². The van der Waals surface area contributed by atoms with Crippen molar-refractivity contribution in [3.8, 4) is 11.8 Å². The van der Waals surface area contributed by atoms with Gasteiger partial charge >= 0.3 is 0 Å². The van der Waals surface area contributed by atoms with Gasteiger partial charge in [0.05, 0.1) is 18.7 Å². The highest BCUT2D eigenvalue weighted by Crippen LogP contribution is 2.11. The monoisotopic (exact) mass is 270 g/mol. The van der Waals surface area contributed by atoms with E-state index in [-0.39, 0.29) is 19.0 Å². The minimum absolute atomic E-state index is 0.201. The van der Waals surface area contributed by atoms with Crippen LogP contribution < -0.4 is 11.1 Å². The van der Waals surface area contributed by atoms with Gasteiger partial charge in [0, 0.05) is 5.56 Å². The molecular formula is C14H14N4O2. The van der Waals surface area contributed by atoms with Gasteiger partial charge in [0.2, 0.25) is 6.39 Å². The van der Waals surface area contributed by atoms with E-state index < -0.39 is 0 Å². The molecule has 0 aliphatic rings. The van der Waals surface area contributed by atoms with Crippen LogP contribution >= 0.6 is 0 Å². The summed E-state index contributed by atoms with van der Waals surface area (Å²) in [5.74, 6) is 5.83. The highest BCUT2D eigenvalue weighted by atomic mass is 16.5. The number of aryl methyl sites for hydroxylation is 1. The van der Waals surface area contributed by atoms with E-state index in [0.717, 1.165) is 5.56 Å². The average molecular weight is 270 g/mol.